The summed E-state index contributed by atoms with van der Waals surface area (Å²) >= 11 is 0. The highest BCUT2D eigenvalue weighted by Crippen LogP contribution is 2.20. The van der Waals surface area contributed by atoms with Crippen LogP contribution in [0, 0.1) is 5.82 Å². The van der Waals surface area contributed by atoms with E-state index in [4.69, 9.17) is 15.2 Å². The number of ether oxygens (including phenoxy) is 2. The van der Waals surface area contributed by atoms with Gasteiger partial charge in [0.05, 0.1) is 5.56 Å². The predicted octanol–water partition coefficient (Wildman–Crippen LogP) is 3.07. The minimum Gasteiger partial charge on any atom is -0.488 e. The van der Waals surface area contributed by atoms with Crippen molar-refractivity contribution >= 4 is 5.91 Å². The van der Waals surface area contributed by atoms with Gasteiger partial charge < -0.3 is 25.6 Å². The molecule has 0 fully saturated rings. The SMILES string of the molecule is CC(Cc1ccc(Oc2ccc(C(N)=O)cn2)cc1)NC[C@H](O)COc1ccccc1F. The summed E-state index contributed by atoms with van der Waals surface area (Å²) in [6.45, 7) is 2.34. The number of primary amides is 1. The topological polar surface area (TPSA) is 107 Å². The molecule has 0 aliphatic rings. The molecule has 0 saturated carbocycles. The van der Waals surface area contributed by atoms with Crippen LogP contribution in [0.3, 0.4) is 0 Å². The molecule has 3 rings (SSSR count). The highest BCUT2D eigenvalue weighted by molar-refractivity contribution is 5.92. The Hall–Kier alpha value is -3.49. The zero-order chi connectivity index (χ0) is 22.9. The molecule has 1 heterocycles. The van der Waals surface area contributed by atoms with E-state index in [1.54, 1.807) is 24.3 Å². The average molecular weight is 439 g/mol. The number of pyridine rings is 1. The zero-order valence-electron chi connectivity index (χ0n) is 17.7. The number of rotatable bonds is 11. The van der Waals surface area contributed by atoms with Gasteiger partial charge in [0, 0.05) is 24.8 Å². The molecule has 7 nitrogen and oxygen atoms in total. The molecule has 0 aliphatic heterocycles. The van der Waals surface area contributed by atoms with Crippen LogP contribution < -0.4 is 20.5 Å². The van der Waals surface area contributed by atoms with E-state index in [1.165, 1.54) is 18.3 Å². The van der Waals surface area contributed by atoms with E-state index in [1.807, 2.05) is 31.2 Å². The zero-order valence-corrected chi connectivity index (χ0v) is 17.7. The number of nitrogens with two attached hydrogens (primary N) is 1. The third kappa shape index (κ3) is 7.04. The monoisotopic (exact) mass is 439 g/mol. The Morgan fingerprint density at radius 2 is 1.91 bits per heavy atom. The fraction of sp³-hybridized carbons (Fsp3) is 0.250. The highest BCUT2D eigenvalue weighted by Gasteiger charge is 2.11. The molecule has 8 heteroatoms. The van der Waals surface area contributed by atoms with Crippen LogP contribution in [0.2, 0.25) is 0 Å². The molecule has 3 aromatic rings. The molecule has 0 radical (unpaired) electrons. The van der Waals surface area contributed by atoms with Gasteiger partial charge in [-0.3, -0.25) is 4.79 Å². The maximum Gasteiger partial charge on any atom is 0.250 e. The highest BCUT2D eigenvalue weighted by atomic mass is 19.1. The number of aliphatic hydroxyl groups excluding tert-OH is 1. The van der Waals surface area contributed by atoms with Crippen molar-refractivity contribution < 1.29 is 23.8 Å². The molecule has 1 amide bonds. The molecule has 4 N–H and O–H groups in total. The lowest BCUT2D eigenvalue weighted by atomic mass is 10.1. The third-order valence-electron chi connectivity index (χ3n) is 4.68. The molecular weight excluding hydrogens is 413 g/mol. The molecule has 2 aromatic carbocycles. The second-order valence-corrected chi connectivity index (χ2v) is 7.40. The Labute approximate surface area is 186 Å². The number of nitrogens with one attached hydrogen (secondary N) is 1. The normalized spacial score (nSPS) is 12.7. The number of carbonyl (C=O) groups is 1. The number of aromatic nitrogens is 1. The van der Waals surface area contributed by atoms with Gasteiger partial charge in [-0.2, -0.15) is 0 Å². The Bertz CT molecular complexity index is 1010. The van der Waals surface area contributed by atoms with Crippen LogP contribution in [-0.4, -0.2) is 41.3 Å². The molecule has 168 valence electrons. The van der Waals surface area contributed by atoms with Gasteiger partial charge in [-0.05, 0) is 49.2 Å². The van der Waals surface area contributed by atoms with Crippen molar-refractivity contribution in [2.24, 2.45) is 5.73 Å². The lowest BCUT2D eigenvalue weighted by Gasteiger charge is -2.18. The van der Waals surface area contributed by atoms with Crippen molar-refractivity contribution in [2.75, 3.05) is 13.2 Å². The van der Waals surface area contributed by atoms with Crippen molar-refractivity contribution in [1.29, 1.82) is 0 Å². The van der Waals surface area contributed by atoms with Crippen LogP contribution >= 0.6 is 0 Å². The van der Waals surface area contributed by atoms with Crippen molar-refractivity contribution in [3.63, 3.8) is 0 Å². The largest absolute Gasteiger partial charge is 0.488 e. The molecule has 1 aromatic heterocycles. The summed E-state index contributed by atoms with van der Waals surface area (Å²) in [5, 5.41) is 13.3. The Morgan fingerprint density at radius 1 is 1.16 bits per heavy atom. The van der Waals surface area contributed by atoms with Crippen LogP contribution in [0.1, 0.15) is 22.8 Å². The summed E-state index contributed by atoms with van der Waals surface area (Å²) in [4.78, 5) is 15.1. The van der Waals surface area contributed by atoms with Crippen molar-refractivity contribution in [2.45, 2.75) is 25.5 Å². The molecule has 1 unspecified atom stereocenters. The Kier molecular flexibility index (Phi) is 8.13. The fourth-order valence-corrected chi connectivity index (χ4v) is 2.97. The molecule has 2 atom stereocenters. The third-order valence-corrected chi connectivity index (χ3v) is 4.68. The van der Waals surface area contributed by atoms with E-state index in [2.05, 4.69) is 10.3 Å². The maximum atomic E-state index is 13.5. The van der Waals surface area contributed by atoms with Gasteiger partial charge in [0.15, 0.2) is 11.6 Å². The Morgan fingerprint density at radius 3 is 2.56 bits per heavy atom. The van der Waals surface area contributed by atoms with Gasteiger partial charge in [-0.25, -0.2) is 9.37 Å². The van der Waals surface area contributed by atoms with Crippen LogP contribution in [-0.2, 0) is 6.42 Å². The van der Waals surface area contributed by atoms with Crippen molar-refractivity contribution in [3.05, 3.63) is 83.8 Å². The van der Waals surface area contributed by atoms with Gasteiger partial charge in [-0.15, -0.1) is 0 Å². The van der Waals surface area contributed by atoms with Crippen molar-refractivity contribution in [1.82, 2.24) is 10.3 Å². The number of para-hydroxylation sites is 1. The number of hydrogen-bond acceptors (Lipinski definition) is 6. The fourth-order valence-electron chi connectivity index (χ4n) is 2.97. The van der Waals surface area contributed by atoms with E-state index in [0.29, 0.717) is 23.7 Å². The van der Waals surface area contributed by atoms with Gasteiger partial charge in [-0.1, -0.05) is 24.3 Å². The van der Waals surface area contributed by atoms with Crippen LogP contribution in [0.5, 0.6) is 17.4 Å². The van der Waals surface area contributed by atoms with E-state index in [-0.39, 0.29) is 18.4 Å². The molecule has 0 bridgehead atoms. The summed E-state index contributed by atoms with van der Waals surface area (Å²) in [7, 11) is 0. The number of amides is 1. The summed E-state index contributed by atoms with van der Waals surface area (Å²) in [5.74, 6) is 0.118. The van der Waals surface area contributed by atoms with Gasteiger partial charge in [0.1, 0.15) is 18.5 Å². The van der Waals surface area contributed by atoms with E-state index in [0.717, 1.165) is 12.0 Å². The number of aliphatic hydroxyl groups is 1. The van der Waals surface area contributed by atoms with Crippen LogP contribution in [0.25, 0.3) is 0 Å². The predicted molar refractivity (Wildman–Crippen MR) is 118 cm³/mol. The first kappa shape index (κ1) is 23.2. The number of hydrogen-bond donors (Lipinski definition) is 3. The number of benzene rings is 2. The first-order valence-corrected chi connectivity index (χ1v) is 10.2. The van der Waals surface area contributed by atoms with Crippen molar-refractivity contribution in [3.8, 4) is 17.4 Å². The molecule has 0 spiro atoms. The summed E-state index contributed by atoms with van der Waals surface area (Å²) in [6, 6.07) is 16.9. The average Bonchev–Trinajstić information content (AvgIpc) is 2.79. The van der Waals surface area contributed by atoms with Crippen LogP contribution in [0.15, 0.2) is 66.9 Å². The molecule has 32 heavy (non-hydrogen) atoms. The van der Waals surface area contributed by atoms with Gasteiger partial charge in [0.2, 0.25) is 11.8 Å². The standard InChI is InChI=1S/C24H26FN3O4/c1-16(27-14-19(29)15-31-22-5-3-2-4-21(22)25)12-17-6-9-20(10-7-17)32-23-11-8-18(13-28-23)24(26)30/h2-11,13,16,19,27,29H,12,14-15H2,1H3,(H2,26,30)/t16?,19-/m0/s1. The quantitative estimate of drug-likeness (QED) is 0.424. The van der Waals surface area contributed by atoms with Gasteiger partial charge in [0.25, 0.3) is 0 Å². The second kappa shape index (κ2) is 11.2. The summed E-state index contributed by atoms with van der Waals surface area (Å²) in [6.07, 6.45) is 1.35. The molecular formula is C24H26FN3O4. The number of carbonyl (C=O) groups excluding carboxylic acids is 1. The minimum atomic E-state index is -0.763. The Balaban J connectivity index is 1.41. The van der Waals surface area contributed by atoms with Gasteiger partial charge >= 0.3 is 0 Å². The maximum absolute atomic E-state index is 13.5. The molecule has 0 saturated heterocycles. The van der Waals surface area contributed by atoms with Crippen LogP contribution in [0.4, 0.5) is 4.39 Å². The smallest absolute Gasteiger partial charge is 0.250 e. The minimum absolute atomic E-state index is 0.00114. The summed E-state index contributed by atoms with van der Waals surface area (Å²) in [5.41, 5.74) is 6.60. The molecule has 0 aliphatic carbocycles. The first-order chi connectivity index (χ1) is 15.4. The lowest BCUT2D eigenvalue weighted by Crippen LogP contribution is -2.37. The van der Waals surface area contributed by atoms with E-state index < -0.39 is 17.8 Å². The second-order valence-electron chi connectivity index (χ2n) is 7.40. The lowest BCUT2D eigenvalue weighted by molar-refractivity contribution is 0.0999. The first-order valence-electron chi connectivity index (χ1n) is 10.2. The summed E-state index contributed by atoms with van der Waals surface area (Å²) < 4.78 is 24.5. The number of nitrogens with zero attached hydrogens (tertiary/aromatic N) is 1. The van der Waals surface area contributed by atoms with E-state index in [9.17, 15) is 14.3 Å². The van der Waals surface area contributed by atoms with E-state index >= 15 is 0 Å². The number of halogens is 1.